The minimum atomic E-state index is -0.309. The predicted octanol–water partition coefficient (Wildman–Crippen LogP) is 4.74. The third kappa shape index (κ3) is 2.47. The van der Waals surface area contributed by atoms with Crippen LogP contribution in [0.3, 0.4) is 0 Å². The molecule has 0 radical (unpaired) electrons. The van der Waals surface area contributed by atoms with Crippen molar-refractivity contribution < 1.29 is 9.66 Å². The van der Waals surface area contributed by atoms with Gasteiger partial charge in [-0.15, -0.1) is 0 Å². The minimum absolute atomic E-state index is 0.124. The van der Waals surface area contributed by atoms with E-state index in [-0.39, 0.29) is 16.7 Å². The summed E-state index contributed by atoms with van der Waals surface area (Å²) in [6, 6.07) is 11.7. The molecule has 1 aliphatic heterocycles. The summed E-state index contributed by atoms with van der Waals surface area (Å²) in [5.74, 6) is 1.54. The molecule has 0 fully saturated rings. The second-order valence-corrected chi connectivity index (χ2v) is 6.68. The largest absolute Gasteiger partial charge is 0.497 e. The third-order valence-electron chi connectivity index (χ3n) is 5.44. The molecule has 0 saturated carbocycles. The normalized spacial score (nSPS) is 23.5. The van der Waals surface area contributed by atoms with Crippen LogP contribution in [-0.2, 0) is 0 Å². The molecule has 4 rings (SSSR count). The molecule has 0 amide bonds. The highest BCUT2D eigenvalue weighted by Crippen LogP contribution is 2.51. The molecule has 1 aliphatic carbocycles. The Labute approximate surface area is 146 Å². The van der Waals surface area contributed by atoms with Gasteiger partial charge in [0.25, 0.3) is 5.69 Å². The number of nitro groups is 1. The zero-order valence-electron chi connectivity index (χ0n) is 14.2. The molecule has 128 valence electrons. The monoisotopic (exact) mass is 336 g/mol. The number of fused-ring (bicyclic) bond motifs is 3. The van der Waals surface area contributed by atoms with Crippen molar-refractivity contribution in [2.45, 2.75) is 25.3 Å². The van der Waals surface area contributed by atoms with E-state index in [1.807, 2.05) is 25.1 Å². The lowest BCUT2D eigenvalue weighted by molar-refractivity contribution is -0.385. The Balaban J connectivity index is 1.79. The van der Waals surface area contributed by atoms with Crippen molar-refractivity contribution in [2.75, 3.05) is 12.4 Å². The van der Waals surface area contributed by atoms with Gasteiger partial charge in [-0.3, -0.25) is 10.1 Å². The van der Waals surface area contributed by atoms with Crippen LogP contribution in [0, 0.1) is 23.0 Å². The van der Waals surface area contributed by atoms with Gasteiger partial charge in [-0.25, -0.2) is 0 Å². The van der Waals surface area contributed by atoms with Gasteiger partial charge in [0.05, 0.1) is 23.6 Å². The van der Waals surface area contributed by atoms with Crippen molar-refractivity contribution >= 4 is 11.4 Å². The first kappa shape index (κ1) is 15.7. The number of anilines is 1. The Bertz CT molecular complexity index is 858. The van der Waals surface area contributed by atoms with E-state index in [0.717, 1.165) is 23.4 Å². The zero-order valence-corrected chi connectivity index (χ0v) is 14.2. The van der Waals surface area contributed by atoms with Gasteiger partial charge in [0, 0.05) is 17.7 Å². The lowest BCUT2D eigenvalue weighted by atomic mass is 9.76. The number of benzene rings is 2. The molecule has 25 heavy (non-hydrogen) atoms. The maximum absolute atomic E-state index is 11.3. The Hall–Kier alpha value is -2.82. The molecule has 2 aromatic carbocycles. The number of hydrogen-bond donors (Lipinski definition) is 1. The average Bonchev–Trinajstić information content (AvgIpc) is 3.11. The lowest BCUT2D eigenvalue weighted by Crippen LogP contribution is -2.29. The lowest BCUT2D eigenvalue weighted by Gasteiger charge is -2.38. The van der Waals surface area contributed by atoms with Crippen LogP contribution in [0.1, 0.15) is 35.1 Å². The highest BCUT2D eigenvalue weighted by atomic mass is 16.6. The van der Waals surface area contributed by atoms with Gasteiger partial charge in [0.2, 0.25) is 0 Å². The molecule has 1 heterocycles. The van der Waals surface area contributed by atoms with Crippen LogP contribution in [0.5, 0.6) is 5.75 Å². The fourth-order valence-electron chi connectivity index (χ4n) is 4.14. The Morgan fingerprint density at radius 3 is 2.64 bits per heavy atom. The van der Waals surface area contributed by atoms with Crippen LogP contribution in [0.25, 0.3) is 0 Å². The standard InChI is InChI=1S/C20H20N2O3/c1-12-18(22(23)24)11-10-17-15-4-3-5-16(15)20(21-19(12)17)13-6-8-14(25-2)9-7-13/h3-4,6-11,15-16,20-21H,5H2,1-2H3. The molecule has 0 spiro atoms. The summed E-state index contributed by atoms with van der Waals surface area (Å²) in [6.07, 6.45) is 5.47. The fourth-order valence-corrected chi connectivity index (χ4v) is 4.14. The smallest absolute Gasteiger partial charge is 0.274 e. The fraction of sp³-hybridized carbons (Fsp3) is 0.300. The topological polar surface area (TPSA) is 64.4 Å². The van der Waals surface area contributed by atoms with E-state index in [1.54, 1.807) is 13.2 Å². The summed E-state index contributed by atoms with van der Waals surface area (Å²) < 4.78 is 5.25. The van der Waals surface area contributed by atoms with Crippen LogP contribution in [0.4, 0.5) is 11.4 Å². The van der Waals surface area contributed by atoms with Gasteiger partial charge in [0.1, 0.15) is 5.75 Å². The number of rotatable bonds is 3. The number of nitrogens with zero attached hydrogens (tertiary/aromatic N) is 1. The van der Waals surface area contributed by atoms with Crippen LogP contribution in [0.15, 0.2) is 48.6 Å². The number of hydrogen-bond acceptors (Lipinski definition) is 4. The number of nitro benzene ring substituents is 1. The van der Waals surface area contributed by atoms with E-state index in [9.17, 15) is 10.1 Å². The molecule has 0 bridgehead atoms. The molecule has 0 saturated heterocycles. The van der Waals surface area contributed by atoms with Crippen molar-refractivity contribution in [2.24, 2.45) is 5.92 Å². The van der Waals surface area contributed by atoms with Gasteiger partial charge in [-0.1, -0.05) is 24.3 Å². The van der Waals surface area contributed by atoms with E-state index in [4.69, 9.17) is 4.74 Å². The summed E-state index contributed by atoms with van der Waals surface area (Å²) >= 11 is 0. The molecule has 0 aromatic heterocycles. The van der Waals surface area contributed by atoms with E-state index in [2.05, 4.69) is 29.6 Å². The van der Waals surface area contributed by atoms with Crippen molar-refractivity contribution in [3.05, 3.63) is 75.4 Å². The van der Waals surface area contributed by atoms with Gasteiger partial charge < -0.3 is 10.1 Å². The Morgan fingerprint density at radius 2 is 1.96 bits per heavy atom. The summed E-state index contributed by atoms with van der Waals surface area (Å²) in [7, 11) is 1.66. The molecule has 2 aliphatic rings. The predicted molar refractivity (Wildman–Crippen MR) is 97.2 cm³/mol. The van der Waals surface area contributed by atoms with Crippen LogP contribution in [0.2, 0.25) is 0 Å². The number of methoxy groups -OCH3 is 1. The quantitative estimate of drug-likeness (QED) is 0.499. The number of nitrogens with one attached hydrogen (secondary N) is 1. The summed E-state index contributed by atoms with van der Waals surface area (Å²) in [5.41, 5.74) is 4.12. The highest BCUT2D eigenvalue weighted by molar-refractivity contribution is 5.69. The summed E-state index contributed by atoms with van der Waals surface area (Å²) in [4.78, 5) is 11.0. The van der Waals surface area contributed by atoms with E-state index >= 15 is 0 Å². The second-order valence-electron chi connectivity index (χ2n) is 6.68. The van der Waals surface area contributed by atoms with Crippen molar-refractivity contribution in [3.63, 3.8) is 0 Å². The van der Waals surface area contributed by atoms with Gasteiger partial charge in [-0.2, -0.15) is 0 Å². The molecule has 3 unspecified atom stereocenters. The summed E-state index contributed by atoms with van der Waals surface area (Å²) in [6.45, 7) is 1.83. The molecule has 2 aromatic rings. The molecular formula is C20H20N2O3. The second kappa shape index (κ2) is 5.92. The third-order valence-corrected chi connectivity index (χ3v) is 5.44. The number of allylic oxidation sites excluding steroid dienone is 2. The average molecular weight is 336 g/mol. The maximum atomic E-state index is 11.3. The molecule has 3 atom stereocenters. The van der Waals surface area contributed by atoms with E-state index in [1.165, 1.54) is 5.56 Å². The molecular weight excluding hydrogens is 316 g/mol. The van der Waals surface area contributed by atoms with Crippen LogP contribution < -0.4 is 10.1 Å². The zero-order chi connectivity index (χ0) is 17.6. The van der Waals surface area contributed by atoms with Crippen LogP contribution >= 0.6 is 0 Å². The minimum Gasteiger partial charge on any atom is -0.497 e. The maximum Gasteiger partial charge on any atom is 0.274 e. The van der Waals surface area contributed by atoms with Gasteiger partial charge >= 0.3 is 0 Å². The van der Waals surface area contributed by atoms with Gasteiger partial charge in [0.15, 0.2) is 0 Å². The van der Waals surface area contributed by atoms with Crippen molar-refractivity contribution in [1.29, 1.82) is 0 Å². The molecule has 5 nitrogen and oxygen atoms in total. The summed E-state index contributed by atoms with van der Waals surface area (Å²) in [5, 5.41) is 14.9. The Kier molecular flexibility index (Phi) is 3.71. The first-order valence-electron chi connectivity index (χ1n) is 8.45. The number of ether oxygens (including phenoxy) is 1. The van der Waals surface area contributed by atoms with E-state index in [0.29, 0.717) is 17.4 Å². The van der Waals surface area contributed by atoms with Gasteiger partial charge in [-0.05, 0) is 48.6 Å². The molecule has 5 heteroatoms. The highest BCUT2D eigenvalue weighted by Gasteiger charge is 2.39. The van der Waals surface area contributed by atoms with Crippen LogP contribution in [-0.4, -0.2) is 12.0 Å². The van der Waals surface area contributed by atoms with Crippen molar-refractivity contribution in [1.82, 2.24) is 0 Å². The first-order valence-corrected chi connectivity index (χ1v) is 8.45. The van der Waals surface area contributed by atoms with E-state index < -0.39 is 0 Å². The Morgan fingerprint density at radius 1 is 1.20 bits per heavy atom. The first-order chi connectivity index (χ1) is 12.1. The molecule has 1 N–H and O–H groups in total. The SMILES string of the molecule is COc1ccc(C2Nc3c(ccc([N+](=O)[O-])c3C)C3C=CCC32)cc1. The van der Waals surface area contributed by atoms with Crippen molar-refractivity contribution in [3.8, 4) is 5.75 Å².